The van der Waals surface area contributed by atoms with Gasteiger partial charge in [0.25, 0.3) is 0 Å². The van der Waals surface area contributed by atoms with Gasteiger partial charge in [-0.05, 0) is 43.9 Å². The van der Waals surface area contributed by atoms with E-state index in [0.29, 0.717) is 19.5 Å². The molecule has 2 amide bonds. The highest BCUT2D eigenvalue weighted by atomic mass is 16.4. The number of hydrogen-bond acceptors (Lipinski definition) is 3. The normalized spacial score (nSPS) is 23.5. The van der Waals surface area contributed by atoms with Gasteiger partial charge in [-0.1, -0.05) is 12.8 Å². The van der Waals surface area contributed by atoms with Gasteiger partial charge < -0.3 is 15.3 Å². The molecular formula is C17H28N2O4. The van der Waals surface area contributed by atoms with E-state index in [2.05, 4.69) is 5.32 Å². The minimum Gasteiger partial charge on any atom is -0.481 e. The summed E-state index contributed by atoms with van der Waals surface area (Å²) >= 11 is 0. The molecule has 2 aliphatic rings. The summed E-state index contributed by atoms with van der Waals surface area (Å²) in [6, 6.07) is -0.409. The molecule has 130 valence electrons. The number of nitrogens with zero attached hydrogens (tertiary/aromatic N) is 1. The summed E-state index contributed by atoms with van der Waals surface area (Å²) in [7, 11) is 0. The number of piperidine rings is 1. The zero-order chi connectivity index (χ0) is 16.8. The molecule has 1 heterocycles. The Morgan fingerprint density at radius 2 is 1.87 bits per heavy atom. The second-order valence-electron chi connectivity index (χ2n) is 6.95. The van der Waals surface area contributed by atoms with Crippen LogP contribution in [0.4, 0.5) is 0 Å². The van der Waals surface area contributed by atoms with Crippen LogP contribution < -0.4 is 5.32 Å². The summed E-state index contributed by atoms with van der Waals surface area (Å²) < 4.78 is 0. The van der Waals surface area contributed by atoms with Crippen molar-refractivity contribution in [3.8, 4) is 0 Å². The number of likely N-dealkylation sites (tertiary alicyclic amines) is 1. The Hall–Kier alpha value is -1.59. The van der Waals surface area contributed by atoms with Crippen molar-refractivity contribution >= 4 is 17.8 Å². The summed E-state index contributed by atoms with van der Waals surface area (Å²) in [5.74, 6) is -0.423. The average Bonchev–Trinajstić information content (AvgIpc) is 3.04. The SMILES string of the molecule is CC(=O)N[C@@H](C(=O)N1CCC[C@H](CCC(=O)O)C1)C1CCCC1. The van der Waals surface area contributed by atoms with E-state index in [0.717, 1.165) is 38.5 Å². The summed E-state index contributed by atoms with van der Waals surface area (Å²) in [6.07, 6.45) is 6.89. The van der Waals surface area contributed by atoms with Gasteiger partial charge in [0.1, 0.15) is 6.04 Å². The maximum absolute atomic E-state index is 12.9. The van der Waals surface area contributed by atoms with Crippen molar-refractivity contribution < 1.29 is 19.5 Å². The Kier molecular flexibility index (Phi) is 6.42. The van der Waals surface area contributed by atoms with Gasteiger partial charge in [-0.25, -0.2) is 0 Å². The highest BCUT2D eigenvalue weighted by Crippen LogP contribution is 2.30. The lowest BCUT2D eigenvalue weighted by Gasteiger charge is -2.36. The standard InChI is InChI=1S/C17H28N2O4/c1-12(20)18-16(14-6-2-3-7-14)17(23)19-10-4-5-13(11-19)8-9-15(21)22/h13-14,16H,2-11H2,1H3,(H,18,20)(H,21,22)/t13-,16-/m1/s1. The number of carboxylic acid groups (broad SMARTS) is 1. The summed E-state index contributed by atoms with van der Waals surface area (Å²) in [6.45, 7) is 2.79. The van der Waals surface area contributed by atoms with E-state index in [9.17, 15) is 14.4 Å². The molecule has 0 bridgehead atoms. The molecule has 1 saturated carbocycles. The molecule has 6 heteroatoms. The van der Waals surface area contributed by atoms with Crippen molar-refractivity contribution in [1.82, 2.24) is 10.2 Å². The molecule has 0 spiro atoms. The van der Waals surface area contributed by atoms with Gasteiger partial charge in [0.05, 0.1) is 0 Å². The first-order chi connectivity index (χ1) is 11.0. The van der Waals surface area contributed by atoms with E-state index >= 15 is 0 Å². The monoisotopic (exact) mass is 324 g/mol. The molecule has 0 aromatic carbocycles. The van der Waals surface area contributed by atoms with Crippen LogP contribution in [0, 0.1) is 11.8 Å². The third kappa shape index (κ3) is 5.22. The molecule has 0 radical (unpaired) electrons. The number of nitrogens with one attached hydrogen (secondary N) is 1. The number of carboxylic acids is 1. The van der Waals surface area contributed by atoms with Crippen LogP contribution in [-0.4, -0.2) is 46.9 Å². The minimum absolute atomic E-state index is 0.0205. The van der Waals surface area contributed by atoms with E-state index in [-0.39, 0.29) is 30.1 Å². The smallest absolute Gasteiger partial charge is 0.303 e. The number of rotatable bonds is 6. The van der Waals surface area contributed by atoms with Crippen LogP contribution in [0.5, 0.6) is 0 Å². The van der Waals surface area contributed by atoms with E-state index in [1.165, 1.54) is 6.92 Å². The predicted octanol–water partition coefficient (Wildman–Crippen LogP) is 1.78. The van der Waals surface area contributed by atoms with Crippen molar-refractivity contribution in [3.05, 3.63) is 0 Å². The van der Waals surface area contributed by atoms with Gasteiger partial charge in [-0.15, -0.1) is 0 Å². The van der Waals surface area contributed by atoms with E-state index in [1.54, 1.807) is 0 Å². The van der Waals surface area contributed by atoms with Crippen molar-refractivity contribution in [1.29, 1.82) is 0 Å². The van der Waals surface area contributed by atoms with Gasteiger partial charge in [0.15, 0.2) is 0 Å². The van der Waals surface area contributed by atoms with Crippen LogP contribution in [0.25, 0.3) is 0 Å². The lowest BCUT2D eigenvalue weighted by Crippen LogP contribution is -2.53. The van der Waals surface area contributed by atoms with Crippen LogP contribution >= 0.6 is 0 Å². The van der Waals surface area contributed by atoms with E-state index in [4.69, 9.17) is 5.11 Å². The molecule has 6 nitrogen and oxygen atoms in total. The van der Waals surface area contributed by atoms with Crippen LogP contribution in [-0.2, 0) is 14.4 Å². The molecule has 2 rings (SSSR count). The second-order valence-corrected chi connectivity index (χ2v) is 6.95. The van der Waals surface area contributed by atoms with Gasteiger partial charge in [0, 0.05) is 26.4 Å². The number of carbonyl (C=O) groups is 3. The Balaban J connectivity index is 1.97. The first-order valence-electron chi connectivity index (χ1n) is 8.75. The summed E-state index contributed by atoms with van der Waals surface area (Å²) in [4.78, 5) is 37.0. The molecule has 0 aromatic rings. The molecule has 23 heavy (non-hydrogen) atoms. The topological polar surface area (TPSA) is 86.7 Å². The highest BCUT2D eigenvalue weighted by Gasteiger charge is 2.35. The molecule has 0 aromatic heterocycles. The maximum atomic E-state index is 12.9. The van der Waals surface area contributed by atoms with Crippen molar-refractivity contribution in [2.75, 3.05) is 13.1 Å². The lowest BCUT2D eigenvalue weighted by atomic mass is 9.91. The lowest BCUT2D eigenvalue weighted by molar-refractivity contribution is -0.139. The Morgan fingerprint density at radius 3 is 2.48 bits per heavy atom. The van der Waals surface area contributed by atoms with Crippen molar-refractivity contribution in [3.63, 3.8) is 0 Å². The Labute approximate surface area is 137 Å². The fraction of sp³-hybridized carbons (Fsp3) is 0.824. The minimum atomic E-state index is -0.782. The molecular weight excluding hydrogens is 296 g/mol. The zero-order valence-corrected chi connectivity index (χ0v) is 13.9. The molecule has 1 aliphatic carbocycles. The highest BCUT2D eigenvalue weighted by molar-refractivity contribution is 5.87. The number of hydrogen-bond donors (Lipinski definition) is 2. The van der Waals surface area contributed by atoms with Crippen molar-refractivity contribution in [2.24, 2.45) is 11.8 Å². The van der Waals surface area contributed by atoms with Gasteiger partial charge in [-0.3, -0.25) is 14.4 Å². The number of carbonyl (C=O) groups excluding carboxylic acids is 2. The molecule has 2 atom stereocenters. The Bertz CT molecular complexity index is 446. The van der Waals surface area contributed by atoms with Crippen LogP contribution in [0.2, 0.25) is 0 Å². The van der Waals surface area contributed by atoms with Crippen LogP contribution in [0.3, 0.4) is 0 Å². The fourth-order valence-corrected chi connectivity index (χ4v) is 3.92. The first-order valence-corrected chi connectivity index (χ1v) is 8.75. The Morgan fingerprint density at radius 1 is 1.17 bits per heavy atom. The van der Waals surface area contributed by atoms with Crippen molar-refractivity contribution in [2.45, 2.75) is 64.3 Å². The fourth-order valence-electron chi connectivity index (χ4n) is 3.92. The molecule has 1 aliphatic heterocycles. The first kappa shape index (κ1) is 17.8. The van der Waals surface area contributed by atoms with Gasteiger partial charge in [0.2, 0.25) is 11.8 Å². The number of aliphatic carboxylic acids is 1. The molecule has 2 N–H and O–H groups in total. The summed E-state index contributed by atoms with van der Waals surface area (Å²) in [5, 5.41) is 11.7. The molecule has 0 unspecified atom stereocenters. The quantitative estimate of drug-likeness (QED) is 0.780. The number of amides is 2. The molecule has 2 fully saturated rings. The van der Waals surface area contributed by atoms with Gasteiger partial charge in [-0.2, -0.15) is 0 Å². The van der Waals surface area contributed by atoms with Crippen LogP contribution in [0.1, 0.15) is 58.3 Å². The largest absolute Gasteiger partial charge is 0.481 e. The summed E-state index contributed by atoms with van der Waals surface area (Å²) in [5.41, 5.74) is 0. The predicted molar refractivity (Wildman–Crippen MR) is 85.7 cm³/mol. The van der Waals surface area contributed by atoms with Gasteiger partial charge >= 0.3 is 5.97 Å². The van der Waals surface area contributed by atoms with E-state index < -0.39 is 12.0 Å². The average molecular weight is 324 g/mol. The van der Waals surface area contributed by atoms with Crippen LogP contribution in [0.15, 0.2) is 0 Å². The van der Waals surface area contributed by atoms with E-state index in [1.807, 2.05) is 4.90 Å². The molecule has 1 saturated heterocycles. The zero-order valence-electron chi connectivity index (χ0n) is 13.9. The second kappa shape index (κ2) is 8.31. The third-order valence-corrected chi connectivity index (χ3v) is 5.09. The third-order valence-electron chi connectivity index (χ3n) is 5.09. The maximum Gasteiger partial charge on any atom is 0.303 e.